The van der Waals surface area contributed by atoms with Crippen LogP contribution in [0.2, 0.25) is 0 Å². The molecular weight excluding hydrogens is 295 g/mol. The molecule has 0 saturated carbocycles. The first-order chi connectivity index (χ1) is 9.92. The average Bonchev–Trinajstić information content (AvgIpc) is 2.91. The van der Waals surface area contributed by atoms with Crippen LogP contribution in [0.5, 0.6) is 0 Å². The molecule has 0 spiro atoms. The Hall–Kier alpha value is -1.70. The quantitative estimate of drug-likeness (QED) is 0.851. The average molecular weight is 312 g/mol. The lowest BCUT2D eigenvalue weighted by Gasteiger charge is -2.14. The van der Waals surface area contributed by atoms with Crippen LogP contribution < -0.4 is 10.5 Å². The van der Waals surface area contributed by atoms with E-state index >= 15 is 0 Å². The van der Waals surface area contributed by atoms with Gasteiger partial charge in [0.15, 0.2) is 0 Å². The van der Waals surface area contributed by atoms with E-state index in [1.54, 1.807) is 19.1 Å². The van der Waals surface area contributed by atoms with Crippen LogP contribution in [-0.2, 0) is 23.0 Å². The van der Waals surface area contributed by atoms with Gasteiger partial charge in [-0.3, -0.25) is 0 Å². The molecule has 0 radical (unpaired) electrons. The first kappa shape index (κ1) is 15.7. The Balaban J connectivity index is 2.18. The number of nitrogens with one attached hydrogen (secondary N) is 1. The van der Waals surface area contributed by atoms with E-state index in [1.165, 1.54) is 18.4 Å². The van der Waals surface area contributed by atoms with Gasteiger partial charge in [0, 0.05) is 19.0 Å². The van der Waals surface area contributed by atoms with Crippen molar-refractivity contribution >= 4 is 10.0 Å². The topological polar surface area (TPSA) is 85.3 Å². The highest BCUT2D eigenvalue weighted by Crippen LogP contribution is 2.17. The van der Waals surface area contributed by atoms with Crippen molar-refractivity contribution in [3.8, 4) is 0 Å². The minimum atomic E-state index is -3.95. The Labute approximate surface area is 123 Å². The summed E-state index contributed by atoms with van der Waals surface area (Å²) in [5, 5.41) is 0. The molecule has 7 heteroatoms. The van der Waals surface area contributed by atoms with Gasteiger partial charge in [0.25, 0.3) is 0 Å². The van der Waals surface area contributed by atoms with Crippen molar-refractivity contribution in [2.24, 2.45) is 5.73 Å². The fourth-order valence-corrected chi connectivity index (χ4v) is 3.35. The summed E-state index contributed by atoms with van der Waals surface area (Å²) in [5.41, 5.74) is 6.00. The monoisotopic (exact) mass is 312 g/mol. The van der Waals surface area contributed by atoms with Crippen LogP contribution in [0.4, 0.5) is 4.39 Å². The minimum absolute atomic E-state index is 0.144. The van der Waals surface area contributed by atoms with E-state index in [1.807, 2.05) is 0 Å². The summed E-state index contributed by atoms with van der Waals surface area (Å²) in [6.07, 6.45) is 1.89. The molecule has 2 aromatic rings. The third kappa shape index (κ3) is 3.90. The summed E-state index contributed by atoms with van der Waals surface area (Å²) < 4.78 is 45.8. The van der Waals surface area contributed by atoms with E-state index in [-0.39, 0.29) is 6.54 Å². The smallest absolute Gasteiger partial charge is 0.243 e. The maximum Gasteiger partial charge on any atom is 0.243 e. The molecule has 0 amide bonds. The van der Waals surface area contributed by atoms with E-state index in [0.717, 1.165) is 6.07 Å². The Bertz CT molecular complexity index is 699. The van der Waals surface area contributed by atoms with Gasteiger partial charge in [-0.1, -0.05) is 6.07 Å². The van der Waals surface area contributed by atoms with Crippen LogP contribution in [0.1, 0.15) is 18.2 Å². The molecule has 114 valence electrons. The number of sulfonamides is 1. The number of benzene rings is 1. The summed E-state index contributed by atoms with van der Waals surface area (Å²) in [6.45, 7) is 1.83. The summed E-state index contributed by atoms with van der Waals surface area (Å²) in [5.74, 6) is -0.147. The maximum absolute atomic E-state index is 13.8. The largest absolute Gasteiger partial charge is 0.469 e. The van der Waals surface area contributed by atoms with E-state index in [0.29, 0.717) is 17.7 Å². The number of hydrogen-bond acceptors (Lipinski definition) is 4. The van der Waals surface area contributed by atoms with Crippen LogP contribution in [0.3, 0.4) is 0 Å². The van der Waals surface area contributed by atoms with Crippen LogP contribution >= 0.6 is 0 Å². The molecule has 21 heavy (non-hydrogen) atoms. The number of furan rings is 1. The lowest BCUT2D eigenvalue weighted by atomic mass is 10.2. The molecule has 1 heterocycles. The van der Waals surface area contributed by atoms with Gasteiger partial charge in [0.1, 0.15) is 16.5 Å². The van der Waals surface area contributed by atoms with Crippen molar-refractivity contribution < 1.29 is 17.2 Å². The second kappa shape index (κ2) is 6.38. The molecule has 1 unspecified atom stereocenters. The molecule has 1 aromatic carbocycles. The van der Waals surface area contributed by atoms with Crippen molar-refractivity contribution in [2.45, 2.75) is 30.8 Å². The standard InChI is InChI=1S/C14H17FN2O3S/c1-10(7-12-3-2-6-20-12)17-21(18,19)14-8-11(9-16)4-5-13(14)15/h2-6,8,10,17H,7,9,16H2,1H3. The summed E-state index contributed by atoms with van der Waals surface area (Å²) >= 11 is 0. The van der Waals surface area contributed by atoms with Crippen molar-refractivity contribution in [3.63, 3.8) is 0 Å². The normalized spacial score (nSPS) is 13.3. The number of nitrogens with two attached hydrogens (primary N) is 1. The molecule has 5 nitrogen and oxygen atoms in total. The number of rotatable bonds is 6. The highest BCUT2D eigenvalue weighted by atomic mass is 32.2. The van der Waals surface area contributed by atoms with Crippen LogP contribution in [0.15, 0.2) is 45.9 Å². The zero-order chi connectivity index (χ0) is 15.5. The molecule has 0 fully saturated rings. The third-order valence-corrected chi connectivity index (χ3v) is 4.57. The van der Waals surface area contributed by atoms with Gasteiger partial charge in [-0.05, 0) is 36.8 Å². The fourth-order valence-electron chi connectivity index (χ4n) is 1.98. The first-order valence-corrected chi connectivity index (χ1v) is 7.94. The van der Waals surface area contributed by atoms with E-state index in [2.05, 4.69) is 4.72 Å². The highest BCUT2D eigenvalue weighted by Gasteiger charge is 2.22. The highest BCUT2D eigenvalue weighted by molar-refractivity contribution is 7.89. The van der Waals surface area contributed by atoms with E-state index in [4.69, 9.17) is 10.2 Å². The predicted molar refractivity (Wildman–Crippen MR) is 76.5 cm³/mol. The zero-order valence-corrected chi connectivity index (χ0v) is 12.4. The van der Waals surface area contributed by atoms with Gasteiger partial charge < -0.3 is 10.2 Å². The van der Waals surface area contributed by atoms with E-state index < -0.39 is 26.8 Å². The second-order valence-electron chi connectivity index (χ2n) is 4.77. The molecule has 2 rings (SSSR count). The lowest BCUT2D eigenvalue weighted by Crippen LogP contribution is -2.34. The SMILES string of the molecule is CC(Cc1ccco1)NS(=O)(=O)c1cc(CN)ccc1F. The maximum atomic E-state index is 13.8. The molecule has 0 bridgehead atoms. The first-order valence-electron chi connectivity index (χ1n) is 6.45. The molecule has 3 N–H and O–H groups in total. The van der Waals surface area contributed by atoms with Crippen molar-refractivity contribution in [1.82, 2.24) is 4.72 Å². The minimum Gasteiger partial charge on any atom is -0.469 e. The molecular formula is C14H17FN2O3S. The molecule has 1 atom stereocenters. The predicted octanol–water partition coefficient (Wildman–Crippen LogP) is 1.79. The van der Waals surface area contributed by atoms with Gasteiger partial charge in [-0.25, -0.2) is 17.5 Å². The summed E-state index contributed by atoms with van der Waals surface area (Å²) in [4.78, 5) is -0.392. The third-order valence-electron chi connectivity index (χ3n) is 2.96. The van der Waals surface area contributed by atoms with Gasteiger partial charge in [0.05, 0.1) is 6.26 Å². The van der Waals surface area contributed by atoms with Crippen LogP contribution in [-0.4, -0.2) is 14.5 Å². The van der Waals surface area contributed by atoms with Gasteiger partial charge >= 0.3 is 0 Å². The van der Waals surface area contributed by atoms with E-state index in [9.17, 15) is 12.8 Å². The van der Waals surface area contributed by atoms with Crippen LogP contribution in [0.25, 0.3) is 0 Å². The Morgan fingerprint density at radius 3 is 2.76 bits per heavy atom. The van der Waals surface area contributed by atoms with Gasteiger partial charge in [-0.2, -0.15) is 0 Å². The Morgan fingerprint density at radius 1 is 1.38 bits per heavy atom. The molecule has 0 aliphatic rings. The molecule has 0 aliphatic heterocycles. The Kier molecular flexibility index (Phi) is 4.76. The van der Waals surface area contributed by atoms with Gasteiger partial charge in [-0.15, -0.1) is 0 Å². The fraction of sp³-hybridized carbons (Fsp3) is 0.286. The molecule has 1 aromatic heterocycles. The summed E-state index contributed by atoms with van der Waals surface area (Å²) in [6, 6.07) is 6.86. The zero-order valence-electron chi connectivity index (χ0n) is 11.5. The van der Waals surface area contributed by atoms with Crippen LogP contribution in [0, 0.1) is 5.82 Å². The van der Waals surface area contributed by atoms with Crippen molar-refractivity contribution in [1.29, 1.82) is 0 Å². The van der Waals surface area contributed by atoms with Crippen molar-refractivity contribution in [3.05, 3.63) is 53.7 Å². The summed E-state index contributed by atoms with van der Waals surface area (Å²) in [7, 11) is -3.95. The number of halogens is 1. The second-order valence-corrected chi connectivity index (χ2v) is 6.46. The Morgan fingerprint density at radius 2 is 2.14 bits per heavy atom. The van der Waals surface area contributed by atoms with Crippen molar-refractivity contribution in [2.75, 3.05) is 0 Å². The molecule has 0 saturated heterocycles. The number of hydrogen-bond donors (Lipinski definition) is 2. The lowest BCUT2D eigenvalue weighted by molar-refractivity contribution is 0.477. The molecule has 0 aliphatic carbocycles. The van der Waals surface area contributed by atoms with Gasteiger partial charge in [0.2, 0.25) is 10.0 Å².